The highest BCUT2D eigenvalue weighted by Gasteiger charge is 2.29. The van der Waals surface area contributed by atoms with Gasteiger partial charge in [0.2, 0.25) is 31.8 Å². The van der Waals surface area contributed by atoms with E-state index in [9.17, 15) is 22.0 Å². The monoisotopic (exact) mass is 500 g/mol. The predicted octanol–water partition coefficient (Wildman–Crippen LogP) is 5.49. The van der Waals surface area contributed by atoms with Gasteiger partial charge in [0.1, 0.15) is 11.6 Å². The van der Waals surface area contributed by atoms with Gasteiger partial charge in [-0.3, -0.25) is 4.79 Å². The van der Waals surface area contributed by atoms with E-state index >= 15 is 0 Å². The maximum absolute atomic E-state index is 13.3. The number of nitrogens with one attached hydrogen (secondary N) is 1. The van der Waals surface area contributed by atoms with Gasteiger partial charge >= 0.3 is 0 Å². The van der Waals surface area contributed by atoms with E-state index in [2.05, 4.69) is 10.3 Å². The first-order valence-corrected chi connectivity index (χ1v) is 12.5. The fourth-order valence-corrected chi connectivity index (χ4v) is 5.29. The van der Waals surface area contributed by atoms with Crippen LogP contribution in [0.4, 0.5) is 14.5 Å². The quantitative estimate of drug-likeness (QED) is 0.338. The van der Waals surface area contributed by atoms with Crippen molar-refractivity contribution in [1.82, 2.24) is 4.98 Å². The molecule has 3 aromatic carbocycles. The minimum Gasteiger partial charge on any atom is -0.428 e. The number of carbonyl (C=O) groups excluding carboxylic acids is 1. The number of benzene rings is 3. The highest BCUT2D eigenvalue weighted by molar-refractivity contribution is 8.00. The molecule has 1 heterocycles. The number of hydrogen-bond donors (Lipinski definition) is 1. The molecule has 6 nitrogen and oxygen atoms in total. The van der Waals surface area contributed by atoms with E-state index in [0.717, 1.165) is 17.3 Å². The average molecular weight is 501 g/mol. The highest BCUT2D eigenvalue weighted by atomic mass is 32.2. The Labute approximate surface area is 199 Å². The van der Waals surface area contributed by atoms with Crippen molar-refractivity contribution in [3.8, 4) is 11.5 Å². The number of aryl methyl sites for hydroxylation is 1. The normalized spacial score (nSPS) is 11.4. The van der Waals surface area contributed by atoms with Crippen LogP contribution in [-0.2, 0) is 14.6 Å². The molecule has 0 aliphatic carbocycles. The van der Waals surface area contributed by atoms with Gasteiger partial charge in [0.05, 0.1) is 10.6 Å². The number of anilines is 1. The predicted molar refractivity (Wildman–Crippen MR) is 124 cm³/mol. The summed E-state index contributed by atoms with van der Waals surface area (Å²) in [6.07, 6.45) is 0. The van der Waals surface area contributed by atoms with Gasteiger partial charge in [-0.15, -0.1) is 0 Å². The fraction of sp³-hybridized carbons (Fsp3) is 0.0833. The molecule has 0 atom stereocenters. The molecule has 1 aromatic heterocycles. The summed E-state index contributed by atoms with van der Waals surface area (Å²) in [6.45, 7) is 1.83. The third kappa shape index (κ3) is 5.35. The number of aromatic nitrogens is 1. The van der Waals surface area contributed by atoms with Gasteiger partial charge in [-0.25, -0.2) is 17.2 Å². The summed E-state index contributed by atoms with van der Waals surface area (Å²) in [5, 5.41) is 2.19. The van der Waals surface area contributed by atoms with Crippen LogP contribution in [0.2, 0.25) is 0 Å². The van der Waals surface area contributed by atoms with Gasteiger partial charge in [-0.1, -0.05) is 29.5 Å². The van der Waals surface area contributed by atoms with Crippen molar-refractivity contribution >= 4 is 33.2 Å². The first-order valence-electron chi connectivity index (χ1n) is 9.99. The summed E-state index contributed by atoms with van der Waals surface area (Å²) in [4.78, 5) is 16.6. The lowest BCUT2D eigenvalue weighted by atomic mass is 10.2. The van der Waals surface area contributed by atoms with Crippen molar-refractivity contribution in [2.75, 3.05) is 11.1 Å². The lowest BCUT2D eigenvalue weighted by molar-refractivity contribution is -0.113. The van der Waals surface area contributed by atoms with Gasteiger partial charge in [0.15, 0.2) is 0 Å². The molecule has 1 amide bonds. The van der Waals surface area contributed by atoms with Crippen LogP contribution in [0.3, 0.4) is 0 Å². The second kappa shape index (κ2) is 9.78. The van der Waals surface area contributed by atoms with Crippen LogP contribution in [0.1, 0.15) is 5.56 Å². The molecule has 10 heteroatoms. The zero-order valence-electron chi connectivity index (χ0n) is 17.8. The van der Waals surface area contributed by atoms with Crippen LogP contribution < -0.4 is 5.32 Å². The molecule has 0 saturated heterocycles. The van der Waals surface area contributed by atoms with E-state index in [4.69, 9.17) is 4.42 Å². The van der Waals surface area contributed by atoms with E-state index in [1.54, 1.807) is 12.1 Å². The van der Waals surface area contributed by atoms with E-state index in [1.165, 1.54) is 60.7 Å². The zero-order chi connectivity index (χ0) is 24.3. The van der Waals surface area contributed by atoms with E-state index in [1.807, 2.05) is 6.92 Å². The zero-order valence-corrected chi connectivity index (χ0v) is 19.4. The second-order valence-electron chi connectivity index (χ2n) is 7.28. The molecule has 0 aliphatic rings. The van der Waals surface area contributed by atoms with Crippen molar-refractivity contribution < 1.29 is 26.4 Å². The number of oxazole rings is 1. The second-order valence-corrected chi connectivity index (χ2v) is 10.1. The molecule has 0 spiro atoms. The SMILES string of the molecule is Cc1ccc(S(=O)(=O)c2nc(-c3ccc(F)cc3)oc2SCC(=O)Nc2ccc(F)cc2)cc1. The Kier molecular flexibility index (Phi) is 6.80. The molecule has 0 unspecified atom stereocenters. The molecular formula is C24H18F2N2O4S2. The Bertz CT molecular complexity index is 1420. The fourth-order valence-electron chi connectivity index (χ4n) is 2.96. The summed E-state index contributed by atoms with van der Waals surface area (Å²) < 4.78 is 58.7. The smallest absolute Gasteiger partial charge is 0.234 e. The van der Waals surface area contributed by atoms with Crippen LogP contribution in [0.25, 0.3) is 11.5 Å². The van der Waals surface area contributed by atoms with E-state index in [0.29, 0.717) is 11.3 Å². The van der Waals surface area contributed by atoms with Crippen molar-refractivity contribution in [1.29, 1.82) is 0 Å². The number of nitrogens with zero attached hydrogens (tertiary/aromatic N) is 1. The molecule has 1 N–H and O–H groups in total. The number of sulfone groups is 1. The first kappa shape index (κ1) is 23.7. The minimum atomic E-state index is -4.07. The van der Waals surface area contributed by atoms with Crippen molar-refractivity contribution in [3.05, 3.63) is 90.0 Å². The third-order valence-corrected chi connectivity index (χ3v) is 7.46. The van der Waals surface area contributed by atoms with Crippen molar-refractivity contribution in [2.24, 2.45) is 0 Å². The Morgan fingerprint density at radius 2 is 1.53 bits per heavy atom. The van der Waals surface area contributed by atoms with Gasteiger partial charge in [0, 0.05) is 11.3 Å². The maximum Gasteiger partial charge on any atom is 0.234 e. The molecule has 0 aliphatic heterocycles. The number of thioether (sulfide) groups is 1. The van der Waals surface area contributed by atoms with Crippen LogP contribution in [0.5, 0.6) is 0 Å². The molecule has 174 valence electrons. The summed E-state index contributed by atoms with van der Waals surface area (Å²) in [6, 6.07) is 16.7. The summed E-state index contributed by atoms with van der Waals surface area (Å²) in [5.41, 5.74) is 1.66. The van der Waals surface area contributed by atoms with Gasteiger partial charge < -0.3 is 9.73 Å². The minimum absolute atomic E-state index is 0.0212. The highest BCUT2D eigenvalue weighted by Crippen LogP contribution is 2.35. The number of hydrogen-bond acceptors (Lipinski definition) is 6. The van der Waals surface area contributed by atoms with Gasteiger partial charge in [0.25, 0.3) is 0 Å². The number of halogens is 2. The molecule has 0 radical (unpaired) electrons. The molecule has 0 bridgehead atoms. The van der Waals surface area contributed by atoms with Crippen molar-refractivity contribution in [2.45, 2.75) is 21.9 Å². The molecule has 34 heavy (non-hydrogen) atoms. The van der Waals surface area contributed by atoms with Crippen LogP contribution in [0.15, 0.2) is 92.2 Å². The Morgan fingerprint density at radius 1 is 0.941 bits per heavy atom. The average Bonchev–Trinajstić information content (AvgIpc) is 3.25. The Balaban J connectivity index is 1.64. The lowest BCUT2D eigenvalue weighted by Gasteiger charge is -2.05. The van der Waals surface area contributed by atoms with Gasteiger partial charge in [-0.2, -0.15) is 4.98 Å². The van der Waals surface area contributed by atoms with E-state index < -0.39 is 27.4 Å². The molecule has 4 rings (SSSR count). The number of amides is 1. The standard InChI is InChI=1S/C24H18F2N2O4S2/c1-15-2-12-20(13-3-15)34(30,31)23-24(32-22(28-23)16-4-6-17(25)7-5-16)33-14-21(29)27-19-10-8-18(26)9-11-19/h2-13H,14H2,1H3,(H,27,29). The number of carbonyl (C=O) groups is 1. The summed E-state index contributed by atoms with van der Waals surface area (Å²) in [5.74, 6) is -1.56. The van der Waals surface area contributed by atoms with Gasteiger partial charge in [-0.05, 0) is 67.6 Å². The molecule has 0 saturated carbocycles. The summed E-state index contributed by atoms with van der Waals surface area (Å²) >= 11 is 0.852. The van der Waals surface area contributed by atoms with Crippen LogP contribution in [-0.4, -0.2) is 25.1 Å². The molecule has 4 aromatic rings. The lowest BCUT2D eigenvalue weighted by Crippen LogP contribution is -2.14. The Hall–Kier alpha value is -3.50. The third-order valence-electron chi connectivity index (χ3n) is 4.71. The molecular weight excluding hydrogens is 482 g/mol. The summed E-state index contributed by atoms with van der Waals surface area (Å²) in [7, 11) is -4.07. The van der Waals surface area contributed by atoms with Crippen LogP contribution in [0, 0.1) is 18.6 Å². The van der Waals surface area contributed by atoms with E-state index in [-0.39, 0.29) is 26.7 Å². The first-order chi connectivity index (χ1) is 16.2. The largest absolute Gasteiger partial charge is 0.428 e. The van der Waals surface area contributed by atoms with Crippen LogP contribution >= 0.6 is 11.8 Å². The molecule has 0 fully saturated rings. The Morgan fingerprint density at radius 3 is 2.15 bits per heavy atom. The van der Waals surface area contributed by atoms with Crippen molar-refractivity contribution in [3.63, 3.8) is 0 Å². The number of rotatable bonds is 7. The topological polar surface area (TPSA) is 89.3 Å². The maximum atomic E-state index is 13.3.